The highest BCUT2D eigenvalue weighted by atomic mass is 16.5. The van der Waals surface area contributed by atoms with E-state index < -0.39 is 0 Å². The summed E-state index contributed by atoms with van der Waals surface area (Å²) in [4.78, 5) is 0. The zero-order valence-electron chi connectivity index (χ0n) is 11.2. The summed E-state index contributed by atoms with van der Waals surface area (Å²) in [5.41, 5.74) is 6.12. The van der Waals surface area contributed by atoms with Gasteiger partial charge in [-0.1, -0.05) is 41.5 Å². The van der Waals surface area contributed by atoms with Gasteiger partial charge in [-0.05, 0) is 23.7 Å². The Hall–Kier alpha value is -0.0800. The van der Waals surface area contributed by atoms with Crippen molar-refractivity contribution in [1.82, 2.24) is 0 Å². The second-order valence-corrected chi connectivity index (χ2v) is 7.12. The molecular formula is C13H27NO. The van der Waals surface area contributed by atoms with Gasteiger partial charge in [0.05, 0.1) is 11.7 Å². The molecule has 2 heteroatoms. The van der Waals surface area contributed by atoms with E-state index in [0.717, 1.165) is 12.8 Å². The van der Waals surface area contributed by atoms with Crippen molar-refractivity contribution in [2.75, 3.05) is 6.54 Å². The van der Waals surface area contributed by atoms with E-state index in [4.69, 9.17) is 10.5 Å². The largest absolute Gasteiger partial charge is 0.369 e. The molecule has 1 saturated carbocycles. The van der Waals surface area contributed by atoms with Crippen LogP contribution in [0.5, 0.6) is 0 Å². The lowest BCUT2D eigenvalue weighted by molar-refractivity contribution is -0.128. The molecule has 1 fully saturated rings. The molecule has 90 valence electrons. The Labute approximate surface area is 94.6 Å². The number of rotatable bonds is 3. The average molecular weight is 213 g/mol. The normalized spacial score (nSPS) is 20.8. The molecule has 0 unspecified atom stereocenters. The standard InChI is InChI=1S/C13H27NO/c1-11(2,3)10(12(4,5)6)15-13(9-14)7-8-13/h10H,7-9,14H2,1-6H3. The molecule has 0 heterocycles. The van der Waals surface area contributed by atoms with Crippen LogP contribution in [0.2, 0.25) is 0 Å². The molecule has 0 amide bonds. The highest BCUT2D eigenvalue weighted by molar-refractivity contribution is 5.00. The number of nitrogens with two attached hydrogens (primary N) is 1. The van der Waals surface area contributed by atoms with Crippen molar-refractivity contribution in [2.24, 2.45) is 16.6 Å². The number of hydrogen-bond acceptors (Lipinski definition) is 2. The van der Waals surface area contributed by atoms with Crippen LogP contribution in [-0.4, -0.2) is 18.2 Å². The molecule has 0 bridgehead atoms. The summed E-state index contributed by atoms with van der Waals surface area (Å²) < 4.78 is 6.30. The summed E-state index contributed by atoms with van der Waals surface area (Å²) in [6, 6.07) is 0. The van der Waals surface area contributed by atoms with E-state index in [0.29, 0.717) is 6.54 Å². The Kier molecular flexibility index (Phi) is 3.24. The number of ether oxygens (including phenoxy) is 1. The topological polar surface area (TPSA) is 35.2 Å². The first-order valence-electron chi connectivity index (χ1n) is 5.99. The average Bonchev–Trinajstić information content (AvgIpc) is 2.76. The van der Waals surface area contributed by atoms with Crippen LogP contribution in [0.4, 0.5) is 0 Å². The van der Waals surface area contributed by atoms with Crippen LogP contribution >= 0.6 is 0 Å². The molecule has 2 N–H and O–H groups in total. The molecule has 0 spiro atoms. The molecule has 0 saturated heterocycles. The molecule has 0 aliphatic heterocycles. The predicted octanol–water partition coefficient (Wildman–Crippen LogP) is 2.96. The van der Waals surface area contributed by atoms with Gasteiger partial charge >= 0.3 is 0 Å². The van der Waals surface area contributed by atoms with Crippen LogP contribution in [0.3, 0.4) is 0 Å². The molecule has 1 aliphatic carbocycles. The monoisotopic (exact) mass is 213 g/mol. The summed E-state index contributed by atoms with van der Waals surface area (Å²) >= 11 is 0. The van der Waals surface area contributed by atoms with Crippen LogP contribution in [0.1, 0.15) is 54.4 Å². The van der Waals surface area contributed by atoms with Crippen LogP contribution in [0.15, 0.2) is 0 Å². The van der Waals surface area contributed by atoms with E-state index >= 15 is 0 Å². The van der Waals surface area contributed by atoms with Crippen LogP contribution in [-0.2, 0) is 4.74 Å². The summed E-state index contributed by atoms with van der Waals surface area (Å²) in [6.45, 7) is 14.1. The van der Waals surface area contributed by atoms with Crippen LogP contribution in [0.25, 0.3) is 0 Å². The van der Waals surface area contributed by atoms with Gasteiger partial charge in [0.15, 0.2) is 0 Å². The maximum absolute atomic E-state index is 6.30. The minimum atomic E-state index is 0.00519. The second-order valence-electron chi connectivity index (χ2n) is 7.12. The fourth-order valence-electron chi connectivity index (χ4n) is 2.41. The smallest absolute Gasteiger partial charge is 0.0810 e. The molecule has 1 rings (SSSR count). The molecule has 0 atom stereocenters. The zero-order chi connectivity index (χ0) is 11.9. The van der Waals surface area contributed by atoms with Gasteiger partial charge in [0.1, 0.15) is 0 Å². The van der Waals surface area contributed by atoms with Gasteiger partial charge in [0.25, 0.3) is 0 Å². The SMILES string of the molecule is CC(C)(C)C(OC1(CN)CC1)C(C)(C)C. The highest BCUT2D eigenvalue weighted by Crippen LogP contribution is 2.46. The fraction of sp³-hybridized carbons (Fsp3) is 1.00. The predicted molar refractivity (Wildman–Crippen MR) is 64.8 cm³/mol. The van der Waals surface area contributed by atoms with Gasteiger partial charge in [-0.2, -0.15) is 0 Å². The maximum atomic E-state index is 6.30. The van der Waals surface area contributed by atoms with Crippen molar-refractivity contribution in [3.05, 3.63) is 0 Å². The Balaban J connectivity index is 2.75. The van der Waals surface area contributed by atoms with Crippen LogP contribution in [0, 0.1) is 10.8 Å². The summed E-state index contributed by atoms with van der Waals surface area (Å²) in [5, 5.41) is 0. The summed E-state index contributed by atoms with van der Waals surface area (Å²) in [5.74, 6) is 0. The van der Waals surface area contributed by atoms with Gasteiger partial charge < -0.3 is 10.5 Å². The third kappa shape index (κ3) is 3.18. The van der Waals surface area contributed by atoms with Gasteiger partial charge in [0.2, 0.25) is 0 Å². The third-order valence-corrected chi connectivity index (χ3v) is 3.12. The summed E-state index contributed by atoms with van der Waals surface area (Å²) in [6.07, 6.45) is 2.52. The Morgan fingerprint density at radius 2 is 1.47 bits per heavy atom. The first-order chi connectivity index (χ1) is 6.61. The van der Waals surface area contributed by atoms with E-state index in [2.05, 4.69) is 41.5 Å². The van der Waals surface area contributed by atoms with Gasteiger partial charge in [0, 0.05) is 6.54 Å². The van der Waals surface area contributed by atoms with Gasteiger partial charge in [-0.15, -0.1) is 0 Å². The first-order valence-corrected chi connectivity index (χ1v) is 5.99. The lowest BCUT2D eigenvalue weighted by atomic mass is 9.74. The van der Waals surface area contributed by atoms with Crippen molar-refractivity contribution < 1.29 is 4.74 Å². The lowest BCUT2D eigenvalue weighted by Gasteiger charge is -2.42. The Morgan fingerprint density at radius 3 is 1.67 bits per heavy atom. The molecule has 0 aromatic heterocycles. The Morgan fingerprint density at radius 1 is 1.07 bits per heavy atom. The van der Waals surface area contributed by atoms with E-state index in [-0.39, 0.29) is 22.5 Å². The van der Waals surface area contributed by atoms with Crippen molar-refractivity contribution in [3.8, 4) is 0 Å². The highest BCUT2D eigenvalue weighted by Gasteiger charge is 2.49. The summed E-state index contributed by atoms with van der Waals surface area (Å²) in [7, 11) is 0. The molecular weight excluding hydrogens is 186 g/mol. The van der Waals surface area contributed by atoms with E-state index in [1.807, 2.05) is 0 Å². The molecule has 1 aliphatic rings. The zero-order valence-corrected chi connectivity index (χ0v) is 11.2. The first kappa shape index (κ1) is 13.0. The lowest BCUT2D eigenvalue weighted by Crippen LogP contribution is -2.45. The Bertz CT molecular complexity index is 204. The van der Waals surface area contributed by atoms with Crippen molar-refractivity contribution in [2.45, 2.75) is 66.1 Å². The van der Waals surface area contributed by atoms with Gasteiger partial charge in [-0.25, -0.2) is 0 Å². The quantitative estimate of drug-likeness (QED) is 0.782. The molecule has 15 heavy (non-hydrogen) atoms. The molecule has 0 aromatic rings. The van der Waals surface area contributed by atoms with Crippen molar-refractivity contribution in [1.29, 1.82) is 0 Å². The molecule has 0 aromatic carbocycles. The van der Waals surface area contributed by atoms with Gasteiger partial charge in [-0.3, -0.25) is 0 Å². The number of hydrogen-bond donors (Lipinski definition) is 1. The van der Waals surface area contributed by atoms with E-state index in [1.54, 1.807) is 0 Å². The van der Waals surface area contributed by atoms with Crippen molar-refractivity contribution >= 4 is 0 Å². The maximum Gasteiger partial charge on any atom is 0.0810 e. The van der Waals surface area contributed by atoms with E-state index in [9.17, 15) is 0 Å². The fourth-order valence-corrected chi connectivity index (χ4v) is 2.41. The molecule has 0 radical (unpaired) electrons. The minimum Gasteiger partial charge on any atom is -0.369 e. The van der Waals surface area contributed by atoms with E-state index in [1.165, 1.54) is 0 Å². The van der Waals surface area contributed by atoms with Crippen molar-refractivity contribution in [3.63, 3.8) is 0 Å². The minimum absolute atomic E-state index is 0.00519. The third-order valence-electron chi connectivity index (χ3n) is 3.12. The second kappa shape index (κ2) is 3.74. The van der Waals surface area contributed by atoms with Crippen LogP contribution < -0.4 is 5.73 Å². The molecule has 2 nitrogen and oxygen atoms in total.